The van der Waals surface area contributed by atoms with E-state index in [2.05, 4.69) is 31.3 Å². The molecule has 70 valence electrons. The van der Waals surface area contributed by atoms with E-state index in [4.69, 9.17) is 0 Å². The highest BCUT2D eigenvalue weighted by Gasteiger charge is 2.38. The zero-order valence-corrected chi connectivity index (χ0v) is 8.09. The second-order valence-corrected chi connectivity index (χ2v) is 3.90. The number of aliphatic hydroxyl groups is 1. The molecular formula is C11H15NO. The summed E-state index contributed by atoms with van der Waals surface area (Å²) >= 11 is 0. The molecule has 2 heteroatoms. The molecule has 0 aliphatic carbocycles. The summed E-state index contributed by atoms with van der Waals surface area (Å²) in [6.07, 6.45) is 0. The van der Waals surface area contributed by atoms with Crippen LogP contribution in [0.2, 0.25) is 0 Å². The minimum Gasteiger partial charge on any atom is -0.382 e. The maximum absolute atomic E-state index is 10.2. The number of benzene rings is 1. The molecule has 0 atom stereocenters. The third-order valence-corrected chi connectivity index (χ3v) is 2.78. The van der Waals surface area contributed by atoms with Crippen LogP contribution in [0.3, 0.4) is 0 Å². The fraction of sp³-hybridized carbons (Fsp3) is 0.455. The summed E-state index contributed by atoms with van der Waals surface area (Å²) in [5.74, 6) is 0. The van der Waals surface area contributed by atoms with Gasteiger partial charge < -0.3 is 10.4 Å². The SMILES string of the molecule is Cc1cccc(C)c1C1(O)CNC1. The van der Waals surface area contributed by atoms with E-state index in [0.717, 1.165) is 5.56 Å². The van der Waals surface area contributed by atoms with Gasteiger partial charge in [0.25, 0.3) is 0 Å². The third-order valence-electron chi connectivity index (χ3n) is 2.78. The van der Waals surface area contributed by atoms with E-state index in [1.54, 1.807) is 0 Å². The van der Waals surface area contributed by atoms with Crippen LogP contribution in [-0.2, 0) is 5.60 Å². The van der Waals surface area contributed by atoms with Crippen molar-refractivity contribution in [1.29, 1.82) is 0 Å². The molecule has 1 aliphatic heterocycles. The summed E-state index contributed by atoms with van der Waals surface area (Å²) in [6.45, 7) is 5.47. The molecule has 0 unspecified atom stereocenters. The minimum atomic E-state index is -0.616. The van der Waals surface area contributed by atoms with Crippen LogP contribution >= 0.6 is 0 Å². The fourth-order valence-corrected chi connectivity index (χ4v) is 2.09. The van der Waals surface area contributed by atoms with Gasteiger partial charge >= 0.3 is 0 Å². The van der Waals surface area contributed by atoms with Crippen molar-refractivity contribution in [2.24, 2.45) is 0 Å². The van der Waals surface area contributed by atoms with Gasteiger partial charge in [-0.05, 0) is 30.5 Å². The van der Waals surface area contributed by atoms with Crippen molar-refractivity contribution < 1.29 is 5.11 Å². The third kappa shape index (κ3) is 1.26. The van der Waals surface area contributed by atoms with Gasteiger partial charge in [-0.15, -0.1) is 0 Å². The number of β-amino-alcohol motifs (C(OH)–C–C–N with tert-alkyl or cyclic N) is 1. The lowest BCUT2D eigenvalue weighted by atomic mass is 9.82. The Hall–Kier alpha value is -0.860. The molecule has 1 fully saturated rings. The van der Waals surface area contributed by atoms with Gasteiger partial charge in [-0.25, -0.2) is 0 Å². The Morgan fingerprint density at radius 1 is 1.23 bits per heavy atom. The van der Waals surface area contributed by atoms with Gasteiger partial charge in [0.05, 0.1) is 0 Å². The Morgan fingerprint density at radius 2 is 1.77 bits per heavy atom. The largest absolute Gasteiger partial charge is 0.382 e. The Labute approximate surface area is 78.6 Å². The van der Waals surface area contributed by atoms with Crippen LogP contribution in [0.1, 0.15) is 16.7 Å². The zero-order chi connectivity index (χ0) is 9.47. The molecule has 0 spiro atoms. The maximum Gasteiger partial charge on any atom is 0.115 e. The number of hydrogen-bond acceptors (Lipinski definition) is 2. The van der Waals surface area contributed by atoms with Crippen LogP contribution in [0.4, 0.5) is 0 Å². The Balaban J connectivity index is 2.49. The molecular weight excluding hydrogens is 162 g/mol. The van der Waals surface area contributed by atoms with Crippen LogP contribution < -0.4 is 5.32 Å². The van der Waals surface area contributed by atoms with Gasteiger partial charge in [0.15, 0.2) is 0 Å². The lowest BCUT2D eigenvalue weighted by molar-refractivity contribution is -0.0157. The second kappa shape index (κ2) is 2.82. The van der Waals surface area contributed by atoms with Crippen molar-refractivity contribution in [3.63, 3.8) is 0 Å². The van der Waals surface area contributed by atoms with Crippen LogP contribution in [0.15, 0.2) is 18.2 Å². The molecule has 2 N–H and O–H groups in total. The zero-order valence-electron chi connectivity index (χ0n) is 8.09. The van der Waals surface area contributed by atoms with Crippen molar-refractivity contribution in [2.75, 3.05) is 13.1 Å². The summed E-state index contributed by atoms with van der Waals surface area (Å²) in [7, 11) is 0. The maximum atomic E-state index is 10.2. The molecule has 0 radical (unpaired) electrons. The molecule has 0 bridgehead atoms. The van der Waals surface area contributed by atoms with Crippen LogP contribution in [0.25, 0.3) is 0 Å². The second-order valence-electron chi connectivity index (χ2n) is 3.90. The van der Waals surface area contributed by atoms with E-state index in [1.807, 2.05) is 6.07 Å². The first-order valence-electron chi connectivity index (χ1n) is 4.63. The van der Waals surface area contributed by atoms with E-state index in [0.29, 0.717) is 13.1 Å². The van der Waals surface area contributed by atoms with Crippen molar-refractivity contribution >= 4 is 0 Å². The first-order valence-corrected chi connectivity index (χ1v) is 4.63. The quantitative estimate of drug-likeness (QED) is 0.673. The average Bonchev–Trinajstić information content (AvgIpc) is 2.01. The van der Waals surface area contributed by atoms with E-state index in [-0.39, 0.29) is 0 Å². The molecule has 2 nitrogen and oxygen atoms in total. The molecule has 1 heterocycles. The summed E-state index contributed by atoms with van der Waals surface area (Å²) in [5.41, 5.74) is 2.86. The monoisotopic (exact) mass is 177 g/mol. The highest BCUT2D eigenvalue weighted by Crippen LogP contribution is 2.30. The lowest BCUT2D eigenvalue weighted by Gasteiger charge is -2.40. The summed E-state index contributed by atoms with van der Waals surface area (Å²) in [6, 6.07) is 6.14. The van der Waals surface area contributed by atoms with E-state index < -0.39 is 5.60 Å². The fourth-order valence-electron chi connectivity index (χ4n) is 2.09. The Morgan fingerprint density at radius 3 is 2.15 bits per heavy atom. The number of rotatable bonds is 1. The summed E-state index contributed by atoms with van der Waals surface area (Å²) in [5, 5.41) is 13.3. The van der Waals surface area contributed by atoms with Crippen molar-refractivity contribution in [3.05, 3.63) is 34.9 Å². The van der Waals surface area contributed by atoms with Crippen LogP contribution in [0.5, 0.6) is 0 Å². The van der Waals surface area contributed by atoms with Gasteiger partial charge in [0.1, 0.15) is 5.60 Å². The first-order chi connectivity index (χ1) is 6.13. The standard InChI is InChI=1S/C11H15NO/c1-8-4-3-5-9(2)10(8)11(13)6-12-7-11/h3-5,12-13H,6-7H2,1-2H3. The molecule has 1 aliphatic rings. The van der Waals surface area contributed by atoms with Gasteiger partial charge in [0.2, 0.25) is 0 Å². The van der Waals surface area contributed by atoms with Crippen molar-refractivity contribution in [1.82, 2.24) is 5.32 Å². The summed E-state index contributed by atoms with van der Waals surface area (Å²) < 4.78 is 0. The highest BCUT2D eigenvalue weighted by atomic mass is 16.3. The lowest BCUT2D eigenvalue weighted by Crippen LogP contribution is -2.57. The molecule has 1 aromatic carbocycles. The van der Waals surface area contributed by atoms with E-state index in [1.165, 1.54) is 11.1 Å². The summed E-state index contributed by atoms with van der Waals surface area (Å²) in [4.78, 5) is 0. The number of hydrogen-bond donors (Lipinski definition) is 2. The van der Waals surface area contributed by atoms with Gasteiger partial charge in [-0.3, -0.25) is 0 Å². The smallest absolute Gasteiger partial charge is 0.115 e. The molecule has 0 aromatic heterocycles. The normalized spacial score (nSPS) is 19.6. The van der Waals surface area contributed by atoms with Gasteiger partial charge in [-0.2, -0.15) is 0 Å². The Kier molecular flexibility index (Phi) is 1.90. The Bertz CT molecular complexity index is 309. The van der Waals surface area contributed by atoms with Gasteiger partial charge in [0, 0.05) is 13.1 Å². The number of nitrogens with one attached hydrogen (secondary N) is 1. The van der Waals surface area contributed by atoms with Crippen molar-refractivity contribution in [2.45, 2.75) is 19.4 Å². The van der Waals surface area contributed by atoms with Crippen LogP contribution in [-0.4, -0.2) is 18.2 Å². The molecule has 1 aromatic rings. The molecule has 13 heavy (non-hydrogen) atoms. The highest BCUT2D eigenvalue weighted by molar-refractivity contribution is 5.40. The molecule has 0 saturated carbocycles. The van der Waals surface area contributed by atoms with Crippen LogP contribution in [0, 0.1) is 13.8 Å². The average molecular weight is 177 g/mol. The topological polar surface area (TPSA) is 32.3 Å². The number of aryl methyl sites for hydroxylation is 2. The molecule has 0 amide bonds. The van der Waals surface area contributed by atoms with E-state index in [9.17, 15) is 5.11 Å². The molecule has 1 saturated heterocycles. The minimum absolute atomic E-state index is 0.616. The van der Waals surface area contributed by atoms with Gasteiger partial charge in [-0.1, -0.05) is 18.2 Å². The predicted molar refractivity (Wildman–Crippen MR) is 52.7 cm³/mol. The predicted octanol–water partition coefficient (Wildman–Crippen LogP) is 1.09. The first kappa shape index (κ1) is 8.73. The van der Waals surface area contributed by atoms with E-state index >= 15 is 0 Å². The molecule has 2 rings (SSSR count). The van der Waals surface area contributed by atoms with Crippen molar-refractivity contribution in [3.8, 4) is 0 Å².